The molecule has 2 N–H and O–H groups in total. The number of hydrogen-bond acceptors (Lipinski definition) is 3. The van der Waals surface area contributed by atoms with Gasteiger partial charge in [-0.05, 0) is 44.0 Å². The molecule has 0 atom stereocenters. The number of rotatable bonds is 3. The highest BCUT2D eigenvalue weighted by Crippen LogP contribution is 2.29. The van der Waals surface area contributed by atoms with E-state index in [2.05, 4.69) is 0 Å². The molecule has 0 aliphatic carbocycles. The summed E-state index contributed by atoms with van der Waals surface area (Å²) in [4.78, 5) is 14.2. The van der Waals surface area contributed by atoms with Crippen molar-refractivity contribution < 1.29 is 15.0 Å². The van der Waals surface area contributed by atoms with E-state index in [1.807, 2.05) is 13.8 Å². The van der Waals surface area contributed by atoms with Gasteiger partial charge >= 0.3 is 0 Å². The van der Waals surface area contributed by atoms with Gasteiger partial charge in [-0.25, -0.2) is 0 Å². The molecule has 0 aliphatic rings. The van der Waals surface area contributed by atoms with E-state index >= 15 is 0 Å². The van der Waals surface area contributed by atoms with Crippen LogP contribution < -0.4 is 4.90 Å². The monoisotopic (exact) mass is 285 g/mol. The summed E-state index contributed by atoms with van der Waals surface area (Å²) in [6.45, 7) is 5.92. The quantitative estimate of drug-likeness (QED) is 0.908. The molecule has 0 bridgehead atoms. The number of phenols is 2. The summed E-state index contributed by atoms with van der Waals surface area (Å²) in [5.41, 5.74) is 2.45. The lowest BCUT2D eigenvalue weighted by molar-refractivity contribution is 0.0985. The summed E-state index contributed by atoms with van der Waals surface area (Å²) < 4.78 is 0. The molecule has 110 valence electrons. The van der Waals surface area contributed by atoms with Crippen LogP contribution in [0.1, 0.15) is 28.4 Å². The molecule has 2 rings (SSSR count). The zero-order valence-corrected chi connectivity index (χ0v) is 12.4. The molecule has 1 amide bonds. The van der Waals surface area contributed by atoms with Crippen molar-refractivity contribution in [3.63, 3.8) is 0 Å². The van der Waals surface area contributed by atoms with Gasteiger partial charge in [0.1, 0.15) is 11.5 Å². The first-order valence-electron chi connectivity index (χ1n) is 6.85. The van der Waals surface area contributed by atoms with Crippen molar-refractivity contribution in [2.24, 2.45) is 0 Å². The Balaban J connectivity index is 2.48. The maximum Gasteiger partial charge on any atom is 0.262 e. The summed E-state index contributed by atoms with van der Waals surface area (Å²) in [5, 5.41) is 19.7. The number of aryl methyl sites for hydroxylation is 2. The number of aromatic hydroxyl groups is 2. The normalized spacial score (nSPS) is 10.4. The Morgan fingerprint density at radius 2 is 1.81 bits per heavy atom. The number of amides is 1. The maximum atomic E-state index is 12.7. The molecule has 4 heteroatoms. The molecule has 0 unspecified atom stereocenters. The van der Waals surface area contributed by atoms with Gasteiger partial charge in [-0.1, -0.05) is 18.2 Å². The van der Waals surface area contributed by atoms with Crippen molar-refractivity contribution in [1.29, 1.82) is 0 Å². The number of anilines is 1. The number of benzene rings is 2. The highest BCUT2D eigenvalue weighted by Gasteiger charge is 2.21. The zero-order valence-electron chi connectivity index (χ0n) is 12.4. The van der Waals surface area contributed by atoms with E-state index in [4.69, 9.17) is 0 Å². The summed E-state index contributed by atoms with van der Waals surface area (Å²) >= 11 is 0. The lowest BCUT2D eigenvalue weighted by Crippen LogP contribution is -2.31. The van der Waals surface area contributed by atoms with Crippen molar-refractivity contribution in [2.45, 2.75) is 20.8 Å². The standard InChI is InChI=1S/C17H19NO3/c1-4-18(15-10-13(19)9-8-11(15)2)17(21)14-7-5-6-12(3)16(14)20/h5-10,19-20H,4H2,1-3H3. The number of carbonyl (C=O) groups is 1. The molecule has 0 fully saturated rings. The topological polar surface area (TPSA) is 60.8 Å². The fourth-order valence-corrected chi connectivity index (χ4v) is 2.29. The van der Waals surface area contributed by atoms with E-state index in [1.54, 1.807) is 48.2 Å². The summed E-state index contributed by atoms with van der Waals surface area (Å²) in [5.74, 6) is -0.179. The third-order valence-electron chi connectivity index (χ3n) is 3.51. The molecule has 0 aliphatic heterocycles. The number of para-hydroxylation sites is 1. The molecular formula is C17H19NO3. The fourth-order valence-electron chi connectivity index (χ4n) is 2.29. The van der Waals surface area contributed by atoms with Crippen LogP contribution in [0.5, 0.6) is 11.5 Å². The lowest BCUT2D eigenvalue weighted by Gasteiger charge is -2.24. The van der Waals surface area contributed by atoms with Crippen molar-refractivity contribution in [2.75, 3.05) is 11.4 Å². The molecular weight excluding hydrogens is 266 g/mol. The molecule has 2 aromatic rings. The first kappa shape index (κ1) is 14.9. The van der Waals surface area contributed by atoms with Crippen LogP contribution in [0.4, 0.5) is 5.69 Å². The second-order valence-electron chi connectivity index (χ2n) is 4.99. The van der Waals surface area contributed by atoms with Crippen molar-refractivity contribution in [3.05, 3.63) is 53.1 Å². The van der Waals surface area contributed by atoms with Gasteiger partial charge in [0.2, 0.25) is 0 Å². The molecule has 0 radical (unpaired) electrons. The van der Waals surface area contributed by atoms with E-state index < -0.39 is 0 Å². The predicted octanol–water partition coefficient (Wildman–Crippen LogP) is 3.38. The summed E-state index contributed by atoms with van der Waals surface area (Å²) in [6.07, 6.45) is 0. The van der Waals surface area contributed by atoms with Crippen LogP contribution in [0.3, 0.4) is 0 Å². The smallest absolute Gasteiger partial charge is 0.262 e. The second-order valence-corrected chi connectivity index (χ2v) is 4.99. The molecule has 4 nitrogen and oxygen atoms in total. The minimum Gasteiger partial charge on any atom is -0.508 e. The molecule has 0 spiro atoms. The van der Waals surface area contributed by atoms with Gasteiger partial charge in [0, 0.05) is 12.6 Å². The van der Waals surface area contributed by atoms with Crippen molar-refractivity contribution in [3.8, 4) is 11.5 Å². The van der Waals surface area contributed by atoms with Gasteiger partial charge < -0.3 is 15.1 Å². The van der Waals surface area contributed by atoms with Crippen LogP contribution in [-0.4, -0.2) is 22.7 Å². The third-order valence-corrected chi connectivity index (χ3v) is 3.51. The van der Waals surface area contributed by atoms with Crippen LogP contribution in [0.25, 0.3) is 0 Å². The van der Waals surface area contributed by atoms with E-state index in [9.17, 15) is 15.0 Å². The Bertz CT molecular complexity index is 680. The van der Waals surface area contributed by atoms with E-state index in [-0.39, 0.29) is 23.0 Å². The average molecular weight is 285 g/mol. The maximum absolute atomic E-state index is 12.7. The third kappa shape index (κ3) is 2.84. The Kier molecular flexibility index (Phi) is 4.17. The van der Waals surface area contributed by atoms with Crippen LogP contribution in [-0.2, 0) is 0 Å². The number of carbonyl (C=O) groups excluding carboxylic acids is 1. The number of nitrogens with zero attached hydrogens (tertiary/aromatic N) is 1. The molecule has 0 heterocycles. The van der Waals surface area contributed by atoms with Gasteiger partial charge in [-0.15, -0.1) is 0 Å². The Labute approximate surface area is 124 Å². The number of phenolic OH excluding ortho intramolecular Hbond substituents is 2. The lowest BCUT2D eigenvalue weighted by atomic mass is 10.1. The zero-order chi connectivity index (χ0) is 15.6. The number of hydrogen-bond donors (Lipinski definition) is 2. The molecule has 21 heavy (non-hydrogen) atoms. The first-order valence-corrected chi connectivity index (χ1v) is 6.85. The van der Waals surface area contributed by atoms with Crippen LogP contribution in [0, 0.1) is 13.8 Å². The van der Waals surface area contributed by atoms with Crippen LogP contribution in [0.2, 0.25) is 0 Å². The Morgan fingerprint density at radius 3 is 2.48 bits per heavy atom. The van der Waals surface area contributed by atoms with Crippen LogP contribution >= 0.6 is 0 Å². The largest absolute Gasteiger partial charge is 0.508 e. The summed E-state index contributed by atoms with van der Waals surface area (Å²) in [6, 6.07) is 10.0. The van der Waals surface area contributed by atoms with E-state index in [0.29, 0.717) is 17.8 Å². The molecule has 0 aromatic heterocycles. The minimum atomic E-state index is -0.285. The van der Waals surface area contributed by atoms with Gasteiger partial charge in [0.15, 0.2) is 0 Å². The highest BCUT2D eigenvalue weighted by atomic mass is 16.3. The van der Waals surface area contributed by atoms with Crippen LogP contribution in [0.15, 0.2) is 36.4 Å². The molecule has 2 aromatic carbocycles. The van der Waals surface area contributed by atoms with Gasteiger partial charge in [-0.3, -0.25) is 4.79 Å². The predicted molar refractivity (Wildman–Crippen MR) is 83.0 cm³/mol. The summed E-state index contributed by atoms with van der Waals surface area (Å²) in [7, 11) is 0. The first-order chi connectivity index (χ1) is 9.95. The van der Waals surface area contributed by atoms with Crippen molar-refractivity contribution in [1.82, 2.24) is 0 Å². The molecule has 0 saturated carbocycles. The van der Waals surface area contributed by atoms with E-state index in [0.717, 1.165) is 5.56 Å². The Hall–Kier alpha value is -2.49. The second kappa shape index (κ2) is 5.87. The van der Waals surface area contributed by atoms with Gasteiger partial charge in [0.25, 0.3) is 5.91 Å². The van der Waals surface area contributed by atoms with E-state index in [1.165, 1.54) is 0 Å². The fraction of sp³-hybridized carbons (Fsp3) is 0.235. The van der Waals surface area contributed by atoms with Gasteiger partial charge in [-0.2, -0.15) is 0 Å². The highest BCUT2D eigenvalue weighted by molar-refractivity contribution is 6.08. The SMILES string of the molecule is CCN(C(=O)c1cccc(C)c1O)c1cc(O)ccc1C. The van der Waals surface area contributed by atoms with Crippen molar-refractivity contribution >= 4 is 11.6 Å². The van der Waals surface area contributed by atoms with Gasteiger partial charge in [0.05, 0.1) is 11.3 Å². The average Bonchev–Trinajstić information content (AvgIpc) is 2.46. The molecule has 0 saturated heterocycles. The minimum absolute atomic E-state index is 0.00115. The Morgan fingerprint density at radius 1 is 1.10 bits per heavy atom.